The number of pyridine rings is 1. The molecule has 3 aliphatic heterocycles. The highest BCUT2D eigenvalue weighted by molar-refractivity contribution is 6.00. The van der Waals surface area contributed by atoms with Crippen molar-refractivity contribution < 1.29 is 37.5 Å². The van der Waals surface area contributed by atoms with E-state index in [1.165, 1.54) is 23.9 Å². The smallest absolute Gasteiger partial charge is 0.311 e. The molecule has 1 N–H and O–H groups in total. The fourth-order valence-corrected chi connectivity index (χ4v) is 6.07. The van der Waals surface area contributed by atoms with E-state index < -0.39 is 57.8 Å². The van der Waals surface area contributed by atoms with Gasteiger partial charge >= 0.3 is 5.97 Å². The van der Waals surface area contributed by atoms with Crippen LogP contribution in [0.25, 0.3) is 0 Å². The predicted molar refractivity (Wildman–Crippen MR) is 154 cm³/mol. The van der Waals surface area contributed by atoms with Crippen molar-refractivity contribution in [2.24, 2.45) is 5.16 Å². The van der Waals surface area contributed by atoms with Crippen LogP contribution < -0.4 is 15.5 Å². The van der Waals surface area contributed by atoms with Gasteiger partial charge < -0.3 is 29.1 Å². The number of halogens is 2. The van der Waals surface area contributed by atoms with Crippen LogP contribution in [-0.2, 0) is 20.9 Å². The predicted octanol–water partition coefficient (Wildman–Crippen LogP) is 4.23. The zero-order chi connectivity index (χ0) is 31.6. The Morgan fingerprint density at radius 3 is 2.70 bits per heavy atom. The molecule has 1 spiro atoms. The maximum atomic E-state index is 14.3. The van der Waals surface area contributed by atoms with Crippen LogP contribution >= 0.6 is 0 Å². The van der Waals surface area contributed by atoms with Crippen LogP contribution in [0.4, 0.5) is 8.78 Å². The van der Waals surface area contributed by atoms with Gasteiger partial charge in [0.2, 0.25) is 17.1 Å². The topological polar surface area (TPSA) is 129 Å². The molecule has 0 radical (unpaired) electrons. The number of amides is 2. The first-order valence-electron chi connectivity index (χ1n) is 14.9. The molecule has 1 aromatic heterocycles. The number of ether oxygens (including phenoxy) is 2. The van der Waals surface area contributed by atoms with Crippen LogP contribution in [0.1, 0.15) is 97.7 Å². The molecule has 3 aliphatic rings. The fourth-order valence-electron chi connectivity index (χ4n) is 6.07. The van der Waals surface area contributed by atoms with E-state index in [1.807, 2.05) is 13.8 Å². The highest BCUT2D eigenvalue weighted by Crippen LogP contribution is 2.46. The van der Waals surface area contributed by atoms with Crippen LogP contribution in [0.5, 0.6) is 5.75 Å². The first-order valence-corrected chi connectivity index (χ1v) is 14.9. The Morgan fingerprint density at radius 2 is 2.00 bits per heavy atom. The first-order chi connectivity index (χ1) is 21.1. The Kier molecular flexibility index (Phi) is 9.02. The van der Waals surface area contributed by atoms with Gasteiger partial charge in [-0.05, 0) is 32.3 Å². The number of fused-ring (bicyclic) bond motifs is 5. The minimum Gasteiger partial charge on any atom is -0.482 e. The molecule has 1 saturated heterocycles. The summed E-state index contributed by atoms with van der Waals surface area (Å²) in [5, 5.41) is 6.59. The number of carbonyl (C=O) groups excluding carboxylic acids is 3. The van der Waals surface area contributed by atoms with Gasteiger partial charge in [0.05, 0.1) is 19.6 Å². The summed E-state index contributed by atoms with van der Waals surface area (Å²) in [7, 11) is 1.48. The standard InChI is InChI=1S/C31H36F2N4O7/c1-4-5-6-7-8-25(38)43-28-26-30(41)36-17-23(31(12-11-18(36)2)14-24(42-3)35-44-31)37(26)16-21(27(28)39)29(40)34-15-19-9-10-20(32)13-22(19)33/h9-10,13,16,18,23H,4-8,11-12,14-15,17H2,1-3H3,(H,34,40)/t18-,23+,31-/m0/s1. The van der Waals surface area contributed by atoms with Crippen molar-refractivity contribution in [2.45, 2.75) is 89.4 Å². The van der Waals surface area contributed by atoms with E-state index in [0.29, 0.717) is 31.2 Å². The summed E-state index contributed by atoms with van der Waals surface area (Å²) >= 11 is 0. The number of oxime groups is 1. The number of nitrogens with zero attached hydrogens (tertiary/aromatic N) is 3. The Bertz CT molecular complexity index is 1560. The molecule has 11 nitrogen and oxygen atoms in total. The normalized spacial score (nSPS) is 22.2. The molecular formula is C31H36F2N4O7. The van der Waals surface area contributed by atoms with E-state index in [1.54, 1.807) is 4.90 Å². The van der Waals surface area contributed by atoms with Crippen LogP contribution in [0.3, 0.4) is 0 Å². The number of carbonyl (C=O) groups is 3. The molecule has 1 fully saturated rings. The second-order valence-electron chi connectivity index (χ2n) is 11.5. The highest BCUT2D eigenvalue weighted by Gasteiger charge is 2.55. The molecule has 0 saturated carbocycles. The summed E-state index contributed by atoms with van der Waals surface area (Å²) < 4.78 is 40.1. The second kappa shape index (κ2) is 12.7. The van der Waals surface area contributed by atoms with E-state index in [2.05, 4.69) is 10.5 Å². The number of unbranched alkanes of at least 4 members (excludes halogenated alkanes) is 3. The van der Waals surface area contributed by atoms with E-state index in [9.17, 15) is 28.0 Å². The molecule has 4 heterocycles. The molecule has 13 heteroatoms. The number of hydrogen-bond acceptors (Lipinski definition) is 8. The molecule has 236 valence electrons. The largest absolute Gasteiger partial charge is 0.482 e. The number of esters is 1. The van der Waals surface area contributed by atoms with Gasteiger partial charge in [0.25, 0.3) is 11.8 Å². The maximum absolute atomic E-state index is 14.3. The average molecular weight is 615 g/mol. The minimum atomic E-state index is -0.967. The van der Waals surface area contributed by atoms with Crippen LogP contribution in [0.2, 0.25) is 0 Å². The Morgan fingerprint density at radius 1 is 1.20 bits per heavy atom. The van der Waals surface area contributed by atoms with Gasteiger partial charge in [0.15, 0.2) is 11.3 Å². The fraction of sp³-hybridized carbons (Fsp3) is 0.516. The molecular weight excluding hydrogens is 578 g/mol. The monoisotopic (exact) mass is 614 g/mol. The van der Waals surface area contributed by atoms with Gasteiger partial charge in [-0.15, -0.1) is 0 Å². The Hall–Kier alpha value is -4.29. The summed E-state index contributed by atoms with van der Waals surface area (Å²) in [6.07, 6.45) is 5.84. The molecule has 2 bridgehead atoms. The number of nitrogens with one attached hydrogen (secondary N) is 1. The second-order valence-corrected chi connectivity index (χ2v) is 11.5. The summed E-state index contributed by atoms with van der Waals surface area (Å²) in [6, 6.07) is 2.08. The van der Waals surface area contributed by atoms with Gasteiger partial charge in [-0.3, -0.25) is 19.2 Å². The minimum absolute atomic E-state index is 0.00247. The molecule has 2 amide bonds. The van der Waals surface area contributed by atoms with E-state index in [-0.39, 0.29) is 43.2 Å². The third-order valence-electron chi connectivity index (χ3n) is 8.65. The summed E-state index contributed by atoms with van der Waals surface area (Å²) in [5.74, 6) is -3.91. The lowest BCUT2D eigenvalue weighted by Crippen LogP contribution is -2.52. The summed E-state index contributed by atoms with van der Waals surface area (Å²) in [6.45, 7) is 3.78. The number of benzene rings is 1. The van der Waals surface area contributed by atoms with Gasteiger partial charge in [-0.25, -0.2) is 8.78 Å². The van der Waals surface area contributed by atoms with Crippen LogP contribution in [0, 0.1) is 11.6 Å². The van der Waals surface area contributed by atoms with Crippen molar-refractivity contribution in [1.82, 2.24) is 14.8 Å². The molecule has 5 rings (SSSR count). The number of rotatable bonds is 9. The van der Waals surface area contributed by atoms with E-state index in [0.717, 1.165) is 25.3 Å². The van der Waals surface area contributed by atoms with Crippen molar-refractivity contribution in [2.75, 3.05) is 13.7 Å². The Labute approximate surface area is 253 Å². The first kappa shape index (κ1) is 31.1. The number of methoxy groups -OCH3 is 1. The average Bonchev–Trinajstić information content (AvgIpc) is 3.38. The zero-order valence-electron chi connectivity index (χ0n) is 25.0. The number of hydrogen-bond donors (Lipinski definition) is 1. The SMILES string of the molecule is CCCCCCC(=O)Oc1c2n(cc(C(=O)NCc3ccc(F)cc3F)c1=O)[C@@H]1CN(C2=O)[C@@H](C)CC[C@]12CC(OC)=NO2. The number of aromatic nitrogens is 1. The van der Waals surface area contributed by atoms with Gasteiger partial charge in [0.1, 0.15) is 17.2 Å². The lowest BCUT2D eigenvalue weighted by Gasteiger charge is -2.41. The lowest BCUT2D eigenvalue weighted by molar-refractivity contribution is -0.134. The van der Waals surface area contributed by atoms with Crippen LogP contribution in [-0.4, -0.2) is 58.4 Å². The molecule has 0 aliphatic carbocycles. The summed E-state index contributed by atoms with van der Waals surface area (Å²) in [4.78, 5) is 61.8. The summed E-state index contributed by atoms with van der Waals surface area (Å²) in [5.41, 5.74) is -2.49. The lowest BCUT2D eigenvalue weighted by atomic mass is 9.85. The van der Waals surface area contributed by atoms with Gasteiger partial charge in [-0.2, -0.15) is 0 Å². The third kappa shape index (κ3) is 5.91. The molecule has 44 heavy (non-hydrogen) atoms. The third-order valence-corrected chi connectivity index (χ3v) is 8.65. The van der Waals surface area contributed by atoms with Gasteiger partial charge in [-0.1, -0.05) is 37.4 Å². The Balaban J connectivity index is 1.58. The van der Waals surface area contributed by atoms with Crippen molar-refractivity contribution >= 4 is 23.7 Å². The van der Waals surface area contributed by atoms with Crippen molar-refractivity contribution in [1.29, 1.82) is 0 Å². The quantitative estimate of drug-likeness (QED) is 0.331. The van der Waals surface area contributed by atoms with E-state index in [4.69, 9.17) is 14.3 Å². The van der Waals surface area contributed by atoms with Crippen LogP contribution in [0.15, 0.2) is 34.3 Å². The van der Waals surface area contributed by atoms with Crippen molar-refractivity contribution in [3.8, 4) is 5.75 Å². The van der Waals surface area contributed by atoms with Crippen molar-refractivity contribution in [3.63, 3.8) is 0 Å². The molecule has 2 aromatic rings. The zero-order valence-corrected chi connectivity index (χ0v) is 25.0. The highest BCUT2D eigenvalue weighted by atomic mass is 19.1. The maximum Gasteiger partial charge on any atom is 0.311 e. The molecule has 0 unspecified atom stereocenters. The van der Waals surface area contributed by atoms with Gasteiger partial charge in [0, 0.05) is 43.4 Å². The molecule has 1 aromatic carbocycles. The van der Waals surface area contributed by atoms with Crippen molar-refractivity contribution in [3.05, 3.63) is 63.1 Å². The molecule has 3 atom stereocenters. The van der Waals surface area contributed by atoms with E-state index >= 15 is 0 Å².